The van der Waals surface area contributed by atoms with Crippen molar-refractivity contribution >= 4 is 46.9 Å². The molecule has 0 saturated carbocycles. The maximum Gasteiger partial charge on any atom is 0.326 e. The van der Waals surface area contributed by atoms with Crippen LogP contribution >= 0.6 is 23.2 Å². The summed E-state index contributed by atoms with van der Waals surface area (Å²) in [6, 6.07) is 11.6. The molecule has 1 aliphatic heterocycles. The average molecular weight is 449 g/mol. The van der Waals surface area contributed by atoms with Gasteiger partial charge in [0.1, 0.15) is 6.54 Å². The van der Waals surface area contributed by atoms with Crippen LogP contribution in [0.3, 0.4) is 0 Å². The number of esters is 1. The molecule has 0 saturated heterocycles. The van der Waals surface area contributed by atoms with Gasteiger partial charge in [-0.1, -0.05) is 53.5 Å². The van der Waals surface area contributed by atoms with Crippen molar-refractivity contribution < 1.29 is 23.9 Å². The third-order valence-electron chi connectivity index (χ3n) is 4.63. The molecule has 9 heteroatoms. The highest BCUT2D eigenvalue weighted by atomic mass is 35.5. The molecule has 30 heavy (non-hydrogen) atoms. The minimum atomic E-state index is -1.11. The fraction of sp³-hybridized carbons (Fsp3) is 0.238. The van der Waals surface area contributed by atoms with Crippen LogP contribution in [0.1, 0.15) is 46.2 Å². The van der Waals surface area contributed by atoms with E-state index < -0.39 is 36.3 Å². The largest absolute Gasteiger partial charge is 0.451 e. The van der Waals surface area contributed by atoms with Crippen LogP contribution in [0.2, 0.25) is 10.0 Å². The van der Waals surface area contributed by atoms with E-state index >= 15 is 0 Å². The molecule has 3 amide bonds. The number of hydrogen-bond donors (Lipinski definition) is 1. The number of fused-ring (bicyclic) bond motifs is 1. The Morgan fingerprint density at radius 3 is 2.07 bits per heavy atom. The van der Waals surface area contributed by atoms with Crippen LogP contribution in [0, 0.1) is 0 Å². The molecule has 1 N–H and O–H groups in total. The van der Waals surface area contributed by atoms with Gasteiger partial charge < -0.3 is 10.1 Å². The second-order valence-electron chi connectivity index (χ2n) is 6.78. The standard InChI is InChI=1S/C21H18Cl2N2O5/c1-11(13-6-4-3-5-7-13)24-19(27)12(2)30-18(26)10-25-20(28)14-8-16(22)17(23)9-15(14)21(25)29/h3-9,11-12H,10H2,1-2H3,(H,24,27). The van der Waals surface area contributed by atoms with E-state index in [2.05, 4.69) is 5.32 Å². The Labute approximate surface area is 182 Å². The molecule has 0 aliphatic carbocycles. The number of hydrogen-bond acceptors (Lipinski definition) is 5. The number of carbonyl (C=O) groups excluding carboxylic acids is 4. The summed E-state index contributed by atoms with van der Waals surface area (Å²) in [5.74, 6) is -2.75. The lowest BCUT2D eigenvalue weighted by Gasteiger charge is -2.19. The third-order valence-corrected chi connectivity index (χ3v) is 5.36. The Bertz CT molecular complexity index is 985. The predicted octanol–water partition coefficient (Wildman–Crippen LogP) is 3.40. The van der Waals surface area contributed by atoms with Crippen molar-refractivity contribution in [1.29, 1.82) is 0 Å². The minimum absolute atomic E-state index is 0.0599. The van der Waals surface area contributed by atoms with Crippen LogP contribution in [0.5, 0.6) is 0 Å². The molecule has 2 aromatic rings. The Morgan fingerprint density at radius 1 is 1.00 bits per heavy atom. The van der Waals surface area contributed by atoms with Gasteiger partial charge in [0.2, 0.25) is 0 Å². The highest BCUT2D eigenvalue weighted by Crippen LogP contribution is 2.31. The van der Waals surface area contributed by atoms with Gasteiger partial charge in [0.05, 0.1) is 27.2 Å². The molecule has 156 valence electrons. The Kier molecular flexibility index (Phi) is 6.43. The zero-order valence-corrected chi connectivity index (χ0v) is 17.7. The van der Waals surface area contributed by atoms with Crippen molar-refractivity contribution in [3.63, 3.8) is 0 Å². The molecule has 2 aromatic carbocycles. The number of carbonyl (C=O) groups is 4. The summed E-state index contributed by atoms with van der Waals surface area (Å²) in [4.78, 5) is 50.2. The third kappa shape index (κ3) is 4.47. The summed E-state index contributed by atoms with van der Waals surface area (Å²) >= 11 is 11.8. The summed E-state index contributed by atoms with van der Waals surface area (Å²) in [6.45, 7) is 2.58. The molecule has 0 bridgehead atoms. The fourth-order valence-electron chi connectivity index (χ4n) is 3.00. The maximum atomic E-state index is 12.4. The van der Waals surface area contributed by atoms with Crippen molar-refractivity contribution in [2.75, 3.05) is 6.54 Å². The Hall–Kier alpha value is -2.90. The van der Waals surface area contributed by atoms with Crippen LogP contribution < -0.4 is 5.32 Å². The number of nitrogens with zero attached hydrogens (tertiary/aromatic N) is 1. The topological polar surface area (TPSA) is 92.8 Å². The lowest BCUT2D eigenvalue weighted by Crippen LogP contribution is -2.41. The minimum Gasteiger partial charge on any atom is -0.451 e. The Morgan fingerprint density at radius 2 is 1.53 bits per heavy atom. The van der Waals surface area contributed by atoms with Gasteiger partial charge in [0.15, 0.2) is 6.10 Å². The van der Waals surface area contributed by atoms with Crippen LogP contribution in [-0.4, -0.2) is 41.2 Å². The van der Waals surface area contributed by atoms with Gasteiger partial charge in [0.25, 0.3) is 17.7 Å². The first kappa shape index (κ1) is 21.8. The summed E-state index contributed by atoms with van der Waals surface area (Å²) in [7, 11) is 0. The molecule has 0 fully saturated rings. The lowest BCUT2D eigenvalue weighted by molar-refractivity contribution is -0.155. The maximum absolute atomic E-state index is 12.4. The quantitative estimate of drug-likeness (QED) is 0.539. The lowest BCUT2D eigenvalue weighted by atomic mass is 10.1. The second kappa shape index (κ2) is 8.85. The predicted molar refractivity (Wildman–Crippen MR) is 110 cm³/mol. The molecule has 2 atom stereocenters. The van der Waals surface area contributed by atoms with Crippen molar-refractivity contribution in [3.05, 3.63) is 69.2 Å². The van der Waals surface area contributed by atoms with Gasteiger partial charge in [-0.25, -0.2) is 0 Å². The van der Waals surface area contributed by atoms with Gasteiger partial charge in [-0.3, -0.25) is 24.1 Å². The fourth-order valence-corrected chi connectivity index (χ4v) is 3.33. The molecule has 0 radical (unpaired) electrons. The number of ether oxygens (including phenoxy) is 1. The first-order chi connectivity index (χ1) is 14.2. The molecule has 1 aliphatic rings. The smallest absolute Gasteiger partial charge is 0.326 e. The Balaban J connectivity index is 1.59. The van der Waals surface area contributed by atoms with E-state index in [-0.39, 0.29) is 27.2 Å². The number of halogens is 2. The van der Waals surface area contributed by atoms with Crippen LogP contribution in [0.4, 0.5) is 0 Å². The highest BCUT2D eigenvalue weighted by Gasteiger charge is 2.38. The van der Waals surface area contributed by atoms with Crippen molar-refractivity contribution in [2.45, 2.75) is 26.0 Å². The first-order valence-corrected chi connectivity index (χ1v) is 9.84. The zero-order chi connectivity index (χ0) is 22.0. The second-order valence-corrected chi connectivity index (χ2v) is 7.60. The van der Waals surface area contributed by atoms with Crippen LogP contribution in [0.25, 0.3) is 0 Å². The highest BCUT2D eigenvalue weighted by molar-refractivity contribution is 6.43. The number of benzene rings is 2. The van der Waals surface area contributed by atoms with Crippen molar-refractivity contribution in [2.24, 2.45) is 0 Å². The molecular weight excluding hydrogens is 431 g/mol. The van der Waals surface area contributed by atoms with E-state index in [9.17, 15) is 19.2 Å². The summed E-state index contributed by atoms with van der Waals surface area (Å²) < 4.78 is 5.10. The van der Waals surface area contributed by atoms with E-state index in [1.807, 2.05) is 30.3 Å². The van der Waals surface area contributed by atoms with Gasteiger partial charge in [0, 0.05) is 0 Å². The van der Waals surface area contributed by atoms with E-state index in [0.717, 1.165) is 10.5 Å². The molecule has 7 nitrogen and oxygen atoms in total. The zero-order valence-electron chi connectivity index (χ0n) is 16.1. The van der Waals surface area contributed by atoms with Gasteiger partial charge in [-0.05, 0) is 31.5 Å². The first-order valence-electron chi connectivity index (χ1n) is 9.09. The van der Waals surface area contributed by atoms with Gasteiger partial charge >= 0.3 is 5.97 Å². The molecule has 0 aromatic heterocycles. The normalized spacial score (nSPS) is 14.9. The van der Waals surface area contributed by atoms with E-state index in [1.54, 1.807) is 6.92 Å². The molecule has 3 rings (SSSR count). The summed E-state index contributed by atoms with van der Waals surface area (Å²) in [6.07, 6.45) is -1.11. The number of rotatable bonds is 6. The number of imide groups is 1. The van der Waals surface area contributed by atoms with Crippen molar-refractivity contribution in [3.8, 4) is 0 Å². The molecule has 0 spiro atoms. The van der Waals surface area contributed by atoms with Crippen LogP contribution in [0.15, 0.2) is 42.5 Å². The van der Waals surface area contributed by atoms with E-state index in [4.69, 9.17) is 27.9 Å². The average Bonchev–Trinajstić information content (AvgIpc) is 2.93. The SMILES string of the molecule is CC(OC(=O)CN1C(=O)c2cc(Cl)c(Cl)cc2C1=O)C(=O)NC(C)c1ccccc1. The summed E-state index contributed by atoms with van der Waals surface area (Å²) in [5, 5.41) is 2.99. The molecule has 2 unspecified atom stereocenters. The van der Waals surface area contributed by atoms with Gasteiger partial charge in [-0.2, -0.15) is 0 Å². The van der Waals surface area contributed by atoms with E-state index in [1.165, 1.54) is 19.1 Å². The van der Waals surface area contributed by atoms with Crippen molar-refractivity contribution in [1.82, 2.24) is 10.2 Å². The number of nitrogens with one attached hydrogen (secondary N) is 1. The number of amides is 3. The van der Waals surface area contributed by atoms with E-state index in [0.29, 0.717) is 0 Å². The summed E-state index contributed by atoms with van der Waals surface area (Å²) in [5.41, 5.74) is 1.02. The monoisotopic (exact) mass is 448 g/mol. The molecular formula is C21H18Cl2N2O5. The van der Waals surface area contributed by atoms with Gasteiger partial charge in [-0.15, -0.1) is 0 Å². The van der Waals surface area contributed by atoms with Crippen LogP contribution in [-0.2, 0) is 14.3 Å². The molecule has 1 heterocycles.